The molecule has 5 heteroatoms. The zero-order chi connectivity index (χ0) is 14.3. The second-order valence-corrected chi connectivity index (χ2v) is 3.56. The number of carbonyl (C=O) groups excluding carboxylic acids is 2. The summed E-state index contributed by atoms with van der Waals surface area (Å²) in [6.45, 7) is 3.15. The van der Waals surface area contributed by atoms with Gasteiger partial charge in [-0.2, -0.15) is 5.26 Å². The van der Waals surface area contributed by atoms with Crippen LogP contribution in [0.1, 0.15) is 19.4 Å². The Labute approximate surface area is 111 Å². The lowest BCUT2D eigenvalue weighted by Crippen LogP contribution is -2.06. The number of nitriles is 1. The number of hydrogen-bond donors (Lipinski definition) is 0. The highest BCUT2D eigenvalue weighted by molar-refractivity contribution is 5.97. The number of ether oxygens (including phenoxy) is 2. The van der Waals surface area contributed by atoms with E-state index in [2.05, 4.69) is 0 Å². The first-order chi connectivity index (χ1) is 9.06. The average Bonchev–Trinajstić information content (AvgIpc) is 2.35. The number of nitrogens with zero attached hydrogens (tertiary/aromatic N) is 1. The van der Waals surface area contributed by atoms with Crippen molar-refractivity contribution in [2.24, 2.45) is 0 Å². The fourth-order valence-electron chi connectivity index (χ4n) is 1.35. The van der Waals surface area contributed by atoms with Crippen molar-refractivity contribution >= 4 is 18.0 Å². The Morgan fingerprint density at radius 1 is 1.42 bits per heavy atom. The highest BCUT2D eigenvalue weighted by Crippen LogP contribution is 2.16. The van der Waals surface area contributed by atoms with Gasteiger partial charge in [0.05, 0.1) is 6.61 Å². The minimum absolute atomic E-state index is 0.109. The van der Waals surface area contributed by atoms with Gasteiger partial charge in [0.15, 0.2) is 0 Å². The summed E-state index contributed by atoms with van der Waals surface area (Å²) in [7, 11) is 0. The van der Waals surface area contributed by atoms with Crippen LogP contribution < -0.4 is 4.74 Å². The Balaban J connectivity index is 2.99. The average molecular weight is 259 g/mol. The van der Waals surface area contributed by atoms with Crippen LogP contribution in [-0.4, -0.2) is 18.5 Å². The summed E-state index contributed by atoms with van der Waals surface area (Å²) in [6, 6.07) is 8.28. The van der Waals surface area contributed by atoms with Crippen molar-refractivity contribution in [2.45, 2.75) is 13.8 Å². The molecule has 0 radical (unpaired) electrons. The van der Waals surface area contributed by atoms with Gasteiger partial charge in [0, 0.05) is 6.92 Å². The maximum Gasteiger partial charge on any atom is 0.348 e. The van der Waals surface area contributed by atoms with Crippen LogP contribution in [0.25, 0.3) is 6.08 Å². The maximum atomic E-state index is 11.4. The SMILES string of the molecule is CCOC(=O)/C(C#N)=C/c1cccc(OC(C)=O)c1. The van der Waals surface area contributed by atoms with Crippen molar-refractivity contribution < 1.29 is 19.1 Å². The van der Waals surface area contributed by atoms with E-state index in [0.29, 0.717) is 11.3 Å². The van der Waals surface area contributed by atoms with E-state index in [1.165, 1.54) is 13.0 Å². The summed E-state index contributed by atoms with van der Waals surface area (Å²) in [5, 5.41) is 8.89. The molecule has 0 spiro atoms. The van der Waals surface area contributed by atoms with E-state index in [1.54, 1.807) is 37.3 Å². The molecule has 98 valence electrons. The summed E-state index contributed by atoms with van der Waals surface area (Å²) >= 11 is 0. The van der Waals surface area contributed by atoms with E-state index in [9.17, 15) is 9.59 Å². The van der Waals surface area contributed by atoms with Crippen molar-refractivity contribution in [3.63, 3.8) is 0 Å². The molecule has 0 aliphatic heterocycles. The van der Waals surface area contributed by atoms with Gasteiger partial charge in [-0.1, -0.05) is 12.1 Å². The summed E-state index contributed by atoms with van der Waals surface area (Å²) < 4.78 is 9.66. The van der Waals surface area contributed by atoms with Gasteiger partial charge < -0.3 is 9.47 Å². The molecule has 0 saturated heterocycles. The number of carbonyl (C=O) groups is 2. The van der Waals surface area contributed by atoms with Crippen LogP contribution >= 0.6 is 0 Å². The quantitative estimate of drug-likeness (QED) is 0.358. The molecule has 1 aromatic carbocycles. The zero-order valence-electron chi connectivity index (χ0n) is 10.7. The van der Waals surface area contributed by atoms with Crippen LogP contribution in [0.3, 0.4) is 0 Å². The fraction of sp³-hybridized carbons (Fsp3) is 0.214. The largest absolute Gasteiger partial charge is 0.462 e. The minimum atomic E-state index is -0.678. The second kappa shape index (κ2) is 6.97. The fourth-order valence-corrected chi connectivity index (χ4v) is 1.35. The van der Waals surface area contributed by atoms with E-state index in [0.717, 1.165) is 0 Å². The molecular formula is C14H13NO4. The van der Waals surface area contributed by atoms with Gasteiger partial charge in [-0.15, -0.1) is 0 Å². The molecule has 0 aliphatic carbocycles. The summed E-state index contributed by atoms with van der Waals surface area (Å²) in [5.41, 5.74) is 0.463. The molecule has 0 N–H and O–H groups in total. The molecule has 0 bridgehead atoms. The molecule has 0 amide bonds. The molecule has 5 nitrogen and oxygen atoms in total. The molecule has 1 rings (SSSR count). The molecule has 0 atom stereocenters. The van der Waals surface area contributed by atoms with Crippen molar-refractivity contribution in [2.75, 3.05) is 6.61 Å². The van der Waals surface area contributed by atoms with Gasteiger partial charge in [0.25, 0.3) is 0 Å². The minimum Gasteiger partial charge on any atom is -0.462 e. The van der Waals surface area contributed by atoms with Crippen LogP contribution in [0.15, 0.2) is 29.8 Å². The first kappa shape index (κ1) is 14.5. The highest BCUT2D eigenvalue weighted by atomic mass is 16.5. The lowest BCUT2D eigenvalue weighted by Gasteiger charge is -2.03. The Morgan fingerprint density at radius 3 is 2.74 bits per heavy atom. The van der Waals surface area contributed by atoms with Crippen molar-refractivity contribution in [3.05, 3.63) is 35.4 Å². The summed E-state index contributed by atoms with van der Waals surface area (Å²) in [4.78, 5) is 22.3. The Kier molecular flexibility index (Phi) is 5.30. The van der Waals surface area contributed by atoms with Crippen molar-refractivity contribution in [1.29, 1.82) is 5.26 Å². The Bertz CT molecular complexity index is 555. The maximum absolute atomic E-state index is 11.4. The Morgan fingerprint density at radius 2 is 2.16 bits per heavy atom. The van der Waals surface area contributed by atoms with Gasteiger partial charge in [-0.05, 0) is 30.7 Å². The molecular weight excluding hydrogens is 246 g/mol. The van der Waals surface area contributed by atoms with Gasteiger partial charge in [0.1, 0.15) is 17.4 Å². The molecule has 0 aliphatic rings. The van der Waals surface area contributed by atoms with E-state index in [4.69, 9.17) is 14.7 Å². The normalized spacial score (nSPS) is 10.5. The topological polar surface area (TPSA) is 76.4 Å². The zero-order valence-corrected chi connectivity index (χ0v) is 10.7. The van der Waals surface area contributed by atoms with Gasteiger partial charge >= 0.3 is 11.9 Å². The van der Waals surface area contributed by atoms with Crippen LogP contribution in [-0.2, 0) is 14.3 Å². The molecule has 0 saturated carbocycles. The number of benzene rings is 1. The van der Waals surface area contributed by atoms with E-state index >= 15 is 0 Å². The van der Waals surface area contributed by atoms with Crippen LogP contribution in [0, 0.1) is 11.3 Å². The monoisotopic (exact) mass is 259 g/mol. The number of rotatable bonds is 4. The predicted octanol–water partition coefficient (Wildman–Crippen LogP) is 2.08. The van der Waals surface area contributed by atoms with Crippen LogP contribution in [0.2, 0.25) is 0 Å². The lowest BCUT2D eigenvalue weighted by molar-refractivity contribution is -0.138. The number of hydrogen-bond acceptors (Lipinski definition) is 5. The third-order valence-electron chi connectivity index (χ3n) is 2.05. The number of esters is 2. The molecule has 0 heterocycles. The van der Waals surface area contributed by atoms with Gasteiger partial charge in [0.2, 0.25) is 0 Å². The first-order valence-electron chi connectivity index (χ1n) is 5.64. The van der Waals surface area contributed by atoms with Crippen LogP contribution in [0.5, 0.6) is 5.75 Å². The third kappa shape index (κ3) is 4.64. The highest BCUT2D eigenvalue weighted by Gasteiger charge is 2.09. The lowest BCUT2D eigenvalue weighted by atomic mass is 10.1. The predicted molar refractivity (Wildman–Crippen MR) is 68.0 cm³/mol. The molecule has 19 heavy (non-hydrogen) atoms. The second-order valence-electron chi connectivity index (χ2n) is 3.56. The molecule has 0 aromatic heterocycles. The van der Waals surface area contributed by atoms with Gasteiger partial charge in [-0.25, -0.2) is 4.79 Å². The van der Waals surface area contributed by atoms with E-state index < -0.39 is 11.9 Å². The van der Waals surface area contributed by atoms with Crippen molar-refractivity contribution in [1.82, 2.24) is 0 Å². The molecule has 0 unspecified atom stereocenters. The molecule has 1 aromatic rings. The van der Waals surface area contributed by atoms with Crippen LogP contribution in [0.4, 0.5) is 0 Å². The smallest absolute Gasteiger partial charge is 0.348 e. The molecule has 0 fully saturated rings. The van der Waals surface area contributed by atoms with Crippen molar-refractivity contribution in [3.8, 4) is 11.8 Å². The summed E-state index contributed by atoms with van der Waals surface area (Å²) in [5.74, 6) is -0.766. The van der Waals surface area contributed by atoms with Gasteiger partial charge in [-0.3, -0.25) is 4.79 Å². The summed E-state index contributed by atoms with van der Waals surface area (Å²) in [6.07, 6.45) is 1.38. The van der Waals surface area contributed by atoms with E-state index in [1.807, 2.05) is 0 Å². The standard InChI is InChI=1S/C14H13NO4/c1-3-18-14(17)12(9-15)7-11-5-4-6-13(8-11)19-10(2)16/h4-8H,3H2,1-2H3/b12-7+. The Hall–Kier alpha value is -2.61. The first-order valence-corrected chi connectivity index (χ1v) is 5.64. The van der Waals surface area contributed by atoms with E-state index in [-0.39, 0.29) is 12.2 Å². The third-order valence-corrected chi connectivity index (χ3v) is 2.05.